The Kier molecular flexibility index (Phi) is 3.37. The van der Waals surface area contributed by atoms with Crippen molar-refractivity contribution < 1.29 is 24.2 Å². The van der Waals surface area contributed by atoms with Crippen LogP contribution < -0.4 is 10.1 Å². The summed E-state index contributed by atoms with van der Waals surface area (Å²) in [6.07, 6.45) is 0. The Balaban J connectivity index is 2.19. The van der Waals surface area contributed by atoms with Crippen LogP contribution in [0.4, 0.5) is 4.79 Å². The number of nitrogens with zero attached hydrogens (tertiary/aromatic N) is 1. The number of ether oxygens (including phenoxy) is 1. The van der Waals surface area contributed by atoms with Gasteiger partial charge in [-0.25, -0.2) is 4.79 Å². The van der Waals surface area contributed by atoms with Crippen LogP contribution in [0.5, 0.6) is 5.75 Å². The third kappa shape index (κ3) is 2.49. The maximum absolute atomic E-state index is 12.0. The topological polar surface area (TPSA) is 95.9 Å². The first-order valence-electron chi connectivity index (χ1n) is 5.50. The smallest absolute Gasteiger partial charge is 0.325 e. The highest BCUT2D eigenvalue weighted by molar-refractivity contribution is 6.06. The Labute approximate surface area is 108 Å². The molecule has 0 bridgehead atoms. The molecular weight excluding hydrogens is 252 g/mol. The van der Waals surface area contributed by atoms with Gasteiger partial charge >= 0.3 is 12.0 Å². The summed E-state index contributed by atoms with van der Waals surface area (Å²) in [6.45, 7) is -0.642. The summed E-state index contributed by atoms with van der Waals surface area (Å²) < 4.78 is 4.99. The van der Waals surface area contributed by atoms with Gasteiger partial charge in [0, 0.05) is 0 Å². The number of hydrogen-bond acceptors (Lipinski definition) is 4. The quantitative estimate of drug-likeness (QED) is 0.766. The zero-order valence-corrected chi connectivity index (χ0v) is 10.1. The minimum absolute atomic E-state index is 0.572. The molecule has 1 aliphatic heterocycles. The minimum Gasteiger partial charge on any atom is -0.497 e. The van der Waals surface area contributed by atoms with Crippen LogP contribution in [-0.4, -0.2) is 41.6 Å². The molecule has 0 radical (unpaired) electrons. The molecule has 1 heterocycles. The Hall–Kier alpha value is -2.57. The van der Waals surface area contributed by atoms with Crippen LogP contribution in [0.3, 0.4) is 0 Å². The Morgan fingerprint density at radius 2 is 2.00 bits per heavy atom. The number of carbonyl (C=O) groups excluding carboxylic acids is 2. The van der Waals surface area contributed by atoms with Crippen LogP contribution in [0, 0.1) is 0 Å². The minimum atomic E-state index is -1.24. The van der Waals surface area contributed by atoms with Gasteiger partial charge in [0.15, 0.2) is 0 Å². The summed E-state index contributed by atoms with van der Waals surface area (Å²) in [4.78, 5) is 34.7. The molecule has 2 N–H and O–H groups in total. The molecule has 1 unspecified atom stereocenters. The lowest BCUT2D eigenvalue weighted by atomic mass is 10.1. The second kappa shape index (κ2) is 4.97. The lowest BCUT2D eigenvalue weighted by Crippen LogP contribution is -2.35. The first-order chi connectivity index (χ1) is 9.02. The third-order valence-corrected chi connectivity index (χ3v) is 2.77. The number of hydrogen-bond donors (Lipinski definition) is 2. The van der Waals surface area contributed by atoms with Gasteiger partial charge in [-0.2, -0.15) is 0 Å². The molecule has 19 heavy (non-hydrogen) atoms. The summed E-state index contributed by atoms with van der Waals surface area (Å²) in [5.74, 6) is -1.18. The van der Waals surface area contributed by atoms with Gasteiger partial charge in [0.1, 0.15) is 18.3 Å². The monoisotopic (exact) mass is 264 g/mol. The molecule has 2 rings (SSSR count). The molecule has 1 aromatic carbocycles. The number of benzene rings is 1. The van der Waals surface area contributed by atoms with Crippen molar-refractivity contribution in [3.8, 4) is 5.75 Å². The van der Waals surface area contributed by atoms with Gasteiger partial charge in [0.2, 0.25) is 0 Å². The molecule has 1 atom stereocenters. The molecule has 0 aromatic heterocycles. The van der Waals surface area contributed by atoms with Gasteiger partial charge in [-0.3, -0.25) is 14.5 Å². The molecule has 100 valence electrons. The van der Waals surface area contributed by atoms with Gasteiger partial charge in [-0.05, 0) is 17.7 Å². The molecule has 1 fully saturated rings. The van der Waals surface area contributed by atoms with Crippen LogP contribution in [0.15, 0.2) is 24.3 Å². The number of nitrogens with one attached hydrogen (secondary N) is 1. The number of rotatable bonds is 4. The zero-order valence-electron chi connectivity index (χ0n) is 10.1. The number of urea groups is 1. The Bertz CT molecular complexity index is 525. The summed E-state index contributed by atoms with van der Waals surface area (Å²) in [5, 5.41) is 11.1. The van der Waals surface area contributed by atoms with E-state index in [-0.39, 0.29) is 0 Å². The second-order valence-electron chi connectivity index (χ2n) is 3.97. The number of carboxylic acids is 1. The average molecular weight is 264 g/mol. The number of imide groups is 1. The van der Waals surface area contributed by atoms with Crippen LogP contribution in [0.2, 0.25) is 0 Å². The predicted molar refractivity (Wildman–Crippen MR) is 63.6 cm³/mol. The predicted octanol–water partition coefficient (Wildman–Crippen LogP) is 0.373. The molecule has 0 aliphatic carbocycles. The van der Waals surface area contributed by atoms with Crippen molar-refractivity contribution in [2.75, 3.05) is 13.7 Å². The summed E-state index contributed by atoms with van der Waals surface area (Å²) in [5.41, 5.74) is 0.576. The van der Waals surface area contributed by atoms with E-state index in [1.54, 1.807) is 24.3 Å². The van der Waals surface area contributed by atoms with E-state index in [4.69, 9.17) is 9.84 Å². The van der Waals surface area contributed by atoms with E-state index < -0.39 is 30.5 Å². The number of amides is 3. The standard InChI is InChI=1S/C12H12N2O5/c1-19-8-4-2-7(3-5-8)10-11(17)14(6-9(15)16)12(18)13-10/h2-5,10H,6H2,1H3,(H,13,18)(H,15,16). The fourth-order valence-corrected chi connectivity index (χ4v) is 1.83. The highest BCUT2D eigenvalue weighted by Gasteiger charge is 2.39. The van der Waals surface area contributed by atoms with E-state index in [0.29, 0.717) is 16.2 Å². The number of methoxy groups -OCH3 is 1. The second-order valence-corrected chi connectivity index (χ2v) is 3.97. The molecule has 0 spiro atoms. The van der Waals surface area contributed by atoms with Crippen molar-refractivity contribution in [2.45, 2.75) is 6.04 Å². The molecular formula is C12H12N2O5. The summed E-state index contributed by atoms with van der Waals surface area (Å²) in [7, 11) is 1.52. The first-order valence-corrected chi connectivity index (χ1v) is 5.50. The molecule has 1 saturated heterocycles. The molecule has 7 nitrogen and oxygen atoms in total. The van der Waals surface area contributed by atoms with E-state index in [0.717, 1.165) is 0 Å². The molecule has 7 heteroatoms. The fourth-order valence-electron chi connectivity index (χ4n) is 1.83. The van der Waals surface area contributed by atoms with Crippen LogP contribution in [0.25, 0.3) is 0 Å². The van der Waals surface area contributed by atoms with Crippen molar-refractivity contribution in [1.82, 2.24) is 10.2 Å². The van der Waals surface area contributed by atoms with Crippen molar-refractivity contribution in [3.05, 3.63) is 29.8 Å². The molecule has 1 aromatic rings. The van der Waals surface area contributed by atoms with Gasteiger partial charge in [0.05, 0.1) is 7.11 Å². The number of carbonyl (C=O) groups is 3. The summed E-state index contributed by atoms with van der Waals surface area (Å²) >= 11 is 0. The van der Waals surface area contributed by atoms with Crippen molar-refractivity contribution in [3.63, 3.8) is 0 Å². The highest BCUT2D eigenvalue weighted by Crippen LogP contribution is 2.23. The largest absolute Gasteiger partial charge is 0.497 e. The normalized spacial score (nSPS) is 18.4. The van der Waals surface area contributed by atoms with Crippen molar-refractivity contribution >= 4 is 17.9 Å². The van der Waals surface area contributed by atoms with E-state index in [2.05, 4.69) is 5.32 Å². The lowest BCUT2D eigenvalue weighted by Gasteiger charge is -2.10. The van der Waals surface area contributed by atoms with Gasteiger partial charge in [-0.1, -0.05) is 12.1 Å². The van der Waals surface area contributed by atoms with Gasteiger partial charge < -0.3 is 15.2 Å². The lowest BCUT2D eigenvalue weighted by molar-refractivity contribution is -0.141. The maximum Gasteiger partial charge on any atom is 0.325 e. The molecule has 1 aliphatic rings. The van der Waals surface area contributed by atoms with Crippen LogP contribution in [-0.2, 0) is 9.59 Å². The average Bonchev–Trinajstić information content (AvgIpc) is 2.66. The Morgan fingerprint density at radius 1 is 1.37 bits per heavy atom. The van der Waals surface area contributed by atoms with Crippen LogP contribution >= 0.6 is 0 Å². The van der Waals surface area contributed by atoms with Gasteiger partial charge in [0.25, 0.3) is 5.91 Å². The van der Waals surface area contributed by atoms with E-state index in [1.165, 1.54) is 7.11 Å². The fraction of sp³-hybridized carbons (Fsp3) is 0.250. The van der Waals surface area contributed by atoms with E-state index >= 15 is 0 Å². The highest BCUT2D eigenvalue weighted by atomic mass is 16.5. The number of aliphatic carboxylic acids is 1. The van der Waals surface area contributed by atoms with E-state index in [9.17, 15) is 14.4 Å². The maximum atomic E-state index is 12.0. The summed E-state index contributed by atoms with van der Waals surface area (Å²) in [6, 6.07) is 5.06. The van der Waals surface area contributed by atoms with Crippen LogP contribution in [0.1, 0.15) is 11.6 Å². The molecule has 0 saturated carbocycles. The Morgan fingerprint density at radius 3 is 2.53 bits per heavy atom. The zero-order chi connectivity index (χ0) is 14.0. The van der Waals surface area contributed by atoms with E-state index in [1.807, 2.05) is 0 Å². The molecule has 3 amide bonds. The number of carboxylic acid groups (broad SMARTS) is 1. The third-order valence-electron chi connectivity index (χ3n) is 2.77. The van der Waals surface area contributed by atoms with Crippen molar-refractivity contribution in [2.24, 2.45) is 0 Å². The first kappa shape index (κ1) is 12.9. The SMILES string of the molecule is COc1ccc(C2NC(=O)N(CC(=O)O)C2=O)cc1. The van der Waals surface area contributed by atoms with Crippen molar-refractivity contribution in [1.29, 1.82) is 0 Å². The van der Waals surface area contributed by atoms with Gasteiger partial charge in [-0.15, -0.1) is 0 Å².